The molecule has 3 atom stereocenters. The van der Waals surface area contributed by atoms with E-state index >= 15 is 0 Å². The van der Waals surface area contributed by atoms with Gasteiger partial charge in [0.25, 0.3) is 22.1 Å². The molecule has 0 spiro atoms. The summed E-state index contributed by atoms with van der Waals surface area (Å²) in [5.41, 5.74) is 9.68. The summed E-state index contributed by atoms with van der Waals surface area (Å²) in [5, 5.41) is 9.99. The molecule has 0 bridgehead atoms. The van der Waals surface area contributed by atoms with Crippen LogP contribution in [0.5, 0.6) is 23.0 Å². The van der Waals surface area contributed by atoms with Gasteiger partial charge in [0.2, 0.25) is 0 Å². The Labute approximate surface area is 379 Å². The molecular formula is C48H59ClN2O10S2. The third-order valence-corrected chi connectivity index (χ3v) is 12.9. The van der Waals surface area contributed by atoms with Crippen molar-refractivity contribution in [2.45, 2.75) is 93.2 Å². The number of nitrogens with zero attached hydrogens (tertiary/aromatic N) is 2. The van der Waals surface area contributed by atoms with E-state index in [4.69, 9.17) is 24.3 Å². The molecule has 340 valence electrons. The van der Waals surface area contributed by atoms with Gasteiger partial charge >= 0.3 is 10.1 Å². The highest BCUT2D eigenvalue weighted by atomic mass is 35.7. The number of phenols is 1. The highest BCUT2D eigenvalue weighted by Crippen LogP contribution is 2.46. The maximum Gasteiger partial charge on any atom is 0.309 e. The molecule has 2 fully saturated rings. The predicted molar refractivity (Wildman–Crippen MR) is 252 cm³/mol. The molecule has 2 amide bonds. The summed E-state index contributed by atoms with van der Waals surface area (Å²) < 4.78 is 55.4. The van der Waals surface area contributed by atoms with E-state index in [2.05, 4.69) is 17.3 Å². The van der Waals surface area contributed by atoms with Gasteiger partial charge in [-0.2, -0.15) is 8.42 Å². The van der Waals surface area contributed by atoms with E-state index in [-0.39, 0.29) is 35.1 Å². The van der Waals surface area contributed by atoms with Crippen molar-refractivity contribution in [2.75, 3.05) is 36.4 Å². The number of benzene rings is 4. The first-order valence-electron chi connectivity index (χ1n) is 20.6. The Morgan fingerprint density at radius 1 is 0.683 bits per heavy atom. The van der Waals surface area contributed by atoms with E-state index < -0.39 is 26.5 Å². The number of rotatable bonds is 15. The molecule has 0 aliphatic carbocycles. The number of aromatic hydroxyl groups is 1. The molecule has 0 radical (unpaired) electrons. The first-order chi connectivity index (χ1) is 29.7. The van der Waals surface area contributed by atoms with Gasteiger partial charge in [-0.15, -0.1) is 0 Å². The molecular weight excluding hydrogens is 864 g/mol. The number of hydrogen-bond donors (Lipinski definition) is 1. The molecule has 2 saturated heterocycles. The summed E-state index contributed by atoms with van der Waals surface area (Å²) in [5.74, 6) is 1.64. The SMILES string of the molecule is C=C1C(=O)N(c2cc(C)c(C)c(OC)c2)[C@H]1c1ccc(C)c(O)c1.C=C1C(=O)N(c2cc(C)c(C)c(OC)c2)[C@H]1c1ccc(C)c(OS(=O)(=O)CCCC)c1.CCCCOS(=O)Cl. The van der Waals surface area contributed by atoms with Crippen LogP contribution in [0.1, 0.15) is 96.1 Å². The number of β-lactam (4-membered cyclic amide) rings is 2. The van der Waals surface area contributed by atoms with Crippen LogP contribution >= 0.6 is 10.7 Å². The van der Waals surface area contributed by atoms with E-state index in [1.165, 1.54) is 0 Å². The lowest BCUT2D eigenvalue weighted by molar-refractivity contribution is -0.119. The van der Waals surface area contributed by atoms with Gasteiger partial charge in [-0.05, 0) is 123 Å². The number of hydrogen-bond acceptors (Lipinski definition) is 10. The van der Waals surface area contributed by atoms with Crippen molar-refractivity contribution in [3.8, 4) is 23.0 Å². The minimum absolute atomic E-state index is 0.0314. The number of amides is 2. The minimum atomic E-state index is -3.68. The maximum atomic E-state index is 12.7. The highest BCUT2D eigenvalue weighted by molar-refractivity contribution is 8.04. The van der Waals surface area contributed by atoms with Crippen LogP contribution in [-0.2, 0) is 34.2 Å². The molecule has 0 aromatic heterocycles. The third-order valence-electron chi connectivity index (χ3n) is 11.1. The zero-order valence-electron chi connectivity index (χ0n) is 37.8. The van der Waals surface area contributed by atoms with Crippen LogP contribution in [-0.4, -0.2) is 56.1 Å². The number of aryl methyl sites for hydroxylation is 4. The van der Waals surface area contributed by atoms with Crippen molar-refractivity contribution in [2.24, 2.45) is 0 Å². The molecule has 4 aromatic carbocycles. The van der Waals surface area contributed by atoms with E-state index in [1.807, 2.05) is 90.9 Å². The molecule has 2 aliphatic heterocycles. The first-order valence-corrected chi connectivity index (χ1v) is 24.1. The van der Waals surface area contributed by atoms with Crippen molar-refractivity contribution >= 4 is 54.3 Å². The van der Waals surface area contributed by atoms with Gasteiger partial charge in [-0.25, -0.2) is 4.21 Å². The average molecular weight is 924 g/mol. The average Bonchev–Trinajstić information content (AvgIpc) is 3.24. The molecule has 2 heterocycles. The summed E-state index contributed by atoms with van der Waals surface area (Å²) in [6.07, 6.45) is 3.25. The van der Waals surface area contributed by atoms with Crippen LogP contribution in [0.15, 0.2) is 85.0 Å². The van der Waals surface area contributed by atoms with E-state index in [1.54, 1.807) is 49.1 Å². The molecule has 4 aromatic rings. The smallest absolute Gasteiger partial charge is 0.309 e. The largest absolute Gasteiger partial charge is 0.508 e. The van der Waals surface area contributed by atoms with Gasteiger partial charge in [0.05, 0.1) is 38.7 Å². The van der Waals surface area contributed by atoms with Gasteiger partial charge in [0, 0.05) is 45.3 Å². The molecule has 1 unspecified atom stereocenters. The highest BCUT2D eigenvalue weighted by Gasteiger charge is 2.44. The number of carbonyl (C=O) groups is 2. The van der Waals surface area contributed by atoms with Gasteiger partial charge in [-0.1, -0.05) is 64.1 Å². The summed E-state index contributed by atoms with van der Waals surface area (Å²) in [6.45, 7) is 23.8. The Morgan fingerprint density at radius 2 is 1.14 bits per heavy atom. The second-order valence-corrected chi connectivity index (χ2v) is 18.6. The van der Waals surface area contributed by atoms with Crippen LogP contribution in [0.25, 0.3) is 0 Å². The van der Waals surface area contributed by atoms with Crippen LogP contribution < -0.4 is 23.5 Å². The quantitative estimate of drug-likeness (QED) is 0.0401. The lowest BCUT2D eigenvalue weighted by Crippen LogP contribution is -2.48. The Bertz CT molecular complexity index is 2500. The number of phenolic OH excluding ortho intramolecular Hbond substituents is 1. The van der Waals surface area contributed by atoms with E-state index in [0.29, 0.717) is 41.2 Å². The molecule has 0 saturated carbocycles. The standard InChI is InChI=1S/C24H29NO5S.C20H21NO3.C4H9ClO2S/c1-7-8-11-31(27,28)30-21-13-19(10-9-15(21)2)23-18(5)24(26)25(23)20-12-16(3)17(4)22(14-20)29-6;1-11-6-7-15(9-17(11)22)19-14(4)20(23)21(19)16-8-12(2)13(3)18(10-16)24-5;1-2-3-4-7-8(5)6/h9-10,12-14,23H,5,7-8,11H2,1-4,6H3;6-10,19,22H,4H2,1-3,5H3;2-4H2,1H3/t23-;19-;/m11./s1. The van der Waals surface area contributed by atoms with E-state index in [9.17, 15) is 27.3 Å². The molecule has 2 aliphatic rings. The summed E-state index contributed by atoms with van der Waals surface area (Å²) >= 11 is 0. The number of ether oxygens (including phenoxy) is 2. The number of carbonyl (C=O) groups excluding carboxylic acids is 2. The van der Waals surface area contributed by atoms with Gasteiger partial charge in [0.15, 0.2) is 0 Å². The Hall–Kier alpha value is -5.15. The molecule has 15 heteroatoms. The Morgan fingerprint density at radius 3 is 1.57 bits per heavy atom. The normalized spacial score (nSPS) is 16.2. The summed E-state index contributed by atoms with van der Waals surface area (Å²) in [6, 6.07) is 17.8. The zero-order chi connectivity index (χ0) is 46.9. The van der Waals surface area contributed by atoms with E-state index in [0.717, 1.165) is 69.6 Å². The molecule has 12 nitrogen and oxygen atoms in total. The molecule has 63 heavy (non-hydrogen) atoms. The minimum Gasteiger partial charge on any atom is -0.508 e. The Kier molecular flexibility index (Phi) is 17.6. The van der Waals surface area contributed by atoms with Crippen molar-refractivity contribution in [3.05, 3.63) is 129 Å². The fraction of sp³-hybridized carbons (Fsp3) is 0.375. The first kappa shape index (κ1) is 50.5. The topological polar surface area (TPSA) is 149 Å². The van der Waals surface area contributed by atoms with Gasteiger partial charge < -0.3 is 18.8 Å². The van der Waals surface area contributed by atoms with Crippen molar-refractivity contribution in [3.63, 3.8) is 0 Å². The number of methoxy groups -OCH3 is 2. The second kappa shape index (κ2) is 22.0. The van der Waals surface area contributed by atoms with Crippen LogP contribution in [0.4, 0.5) is 11.4 Å². The van der Waals surface area contributed by atoms with Crippen LogP contribution in [0.3, 0.4) is 0 Å². The fourth-order valence-electron chi connectivity index (χ4n) is 6.95. The fourth-order valence-corrected chi connectivity index (χ4v) is 8.57. The second-order valence-electron chi connectivity index (χ2n) is 15.5. The third kappa shape index (κ3) is 11.9. The Balaban J connectivity index is 0.000000241. The van der Waals surface area contributed by atoms with Gasteiger partial charge in [-0.3, -0.25) is 23.6 Å². The van der Waals surface area contributed by atoms with Crippen molar-refractivity contribution in [1.29, 1.82) is 0 Å². The molecule has 1 N–H and O–H groups in total. The maximum absolute atomic E-state index is 12.7. The van der Waals surface area contributed by atoms with Crippen molar-refractivity contribution in [1.82, 2.24) is 0 Å². The monoisotopic (exact) mass is 922 g/mol. The number of anilines is 2. The lowest BCUT2D eigenvalue weighted by Gasteiger charge is -2.43. The van der Waals surface area contributed by atoms with Crippen LogP contribution in [0.2, 0.25) is 0 Å². The summed E-state index contributed by atoms with van der Waals surface area (Å²) in [4.78, 5) is 28.5. The predicted octanol–water partition coefficient (Wildman–Crippen LogP) is 10.4. The number of halogens is 1. The number of unbranched alkanes of at least 4 members (excludes halogenated alkanes) is 2. The lowest BCUT2D eigenvalue weighted by atomic mass is 9.87. The van der Waals surface area contributed by atoms with Crippen molar-refractivity contribution < 1.29 is 45.2 Å². The van der Waals surface area contributed by atoms with Crippen LogP contribution in [0, 0.1) is 41.5 Å². The molecule has 6 rings (SSSR count). The summed E-state index contributed by atoms with van der Waals surface area (Å²) in [7, 11) is 2.91. The van der Waals surface area contributed by atoms with Gasteiger partial charge in [0.1, 0.15) is 23.0 Å². The zero-order valence-corrected chi connectivity index (χ0v) is 40.2.